The lowest BCUT2D eigenvalue weighted by molar-refractivity contribution is -0.141. The lowest BCUT2D eigenvalue weighted by Gasteiger charge is -2.45. The first-order valence-corrected chi connectivity index (χ1v) is 6.39. The van der Waals surface area contributed by atoms with Crippen LogP contribution in [0.25, 0.3) is 0 Å². The number of hydrogen-bond acceptors (Lipinski definition) is 2. The van der Waals surface area contributed by atoms with Gasteiger partial charge < -0.3 is 5.32 Å². The number of ketones is 1. The molecule has 0 bridgehead atoms. The van der Waals surface area contributed by atoms with E-state index in [1.807, 2.05) is 0 Å². The Morgan fingerprint density at radius 1 is 1.33 bits per heavy atom. The van der Waals surface area contributed by atoms with E-state index in [0.717, 1.165) is 31.7 Å². The Balaban J connectivity index is 1.75. The number of nitrogens with one attached hydrogen (secondary N) is 1. The molecule has 2 saturated carbocycles. The summed E-state index contributed by atoms with van der Waals surface area (Å²) in [5, 5.41) is 3.61. The summed E-state index contributed by atoms with van der Waals surface area (Å²) in [7, 11) is 0. The standard InChI is InChI=1S/C13H23NO/c1-10(2)9-14-11-3-6-13(7-4-11)8-5-12(13)15/h10-11,14H,3-9H2,1-2H3. The Hall–Kier alpha value is -0.370. The lowest BCUT2D eigenvalue weighted by atomic mass is 9.59. The van der Waals surface area contributed by atoms with Gasteiger partial charge in [0.25, 0.3) is 0 Å². The van der Waals surface area contributed by atoms with Crippen molar-refractivity contribution in [1.82, 2.24) is 5.32 Å². The fourth-order valence-electron chi connectivity index (χ4n) is 2.89. The molecule has 15 heavy (non-hydrogen) atoms. The van der Waals surface area contributed by atoms with Crippen molar-refractivity contribution in [3.8, 4) is 0 Å². The summed E-state index contributed by atoms with van der Waals surface area (Å²) in [5.74, 6) is 1.27. The van der Waals surface area contributed by atoms with Crippen LogP contribution in [-0.2, 0) is 4.79 Å². The summed E-state index contributed by atoms with van der Waals surface area (Å²) in [6, 6.07) is 0.673. The predicted octanol–water partition coefficient (Wildman–Crippen LogP) is 2.52. The molecule has 0 heterocycles. The minimum atomic E-state index is 0.149. The van der Waals surface area contributed by atoms with Crippen LogP contribution < -0.4 is 5.32 Å². The summed E-state index contributed by atoms with van der Waals surface area (Å²) in [6.45, 7) is 5.60. The van der Waals surface area contributed by atoms with Crippen molar-refractivity contribution in [2.75, 3.05) is 6.54 Å². The SMILES string of the molecule is CC(C)CNC1CCC2(CCC2=O)CC1. The molecule has 2 rings (SSSR count). The molecule has 2 heteroatoms. The predicted molar refractivity (Wildman–Crippen MR) is 61.8 cm³/mol. The highest BCUT2D eigenvalue weighted by Gasteiger charge is 2.47. The highest BCUT2D eigenvalue weighted by molar-refractivity contribution is 5.90. The fraction of sp³-hybridized carbons (Fsp3) is 0.923. The van der Waals surface area contributed by atoms with Crippen LogP contribution in [0.4, 0.5) is 0 Å². The normalized spacial score (nSPS) is 35.9. The molecule has 2 fully saturated rings. The van der Waals surface area contributed by atoms with Crippen molar-refractivity contribution in [2.24, 2.45) is 11.3 Å². The average molecular weight is 209 g/mol. The summed E-state index contributed by atoms with van der Waals surface area (Å²) in [5.41, 5.74) is 0.149. The molecule has 0 atom stereocenters. The first-order valence-electron chi connectivity index (χ1n) is 6.39. The maximum Gasteiger partial charge on any atom is 0.139 e. The maximum absolute atomic E-state index is 11.6. The van der Waals surface area contributed by atoms with Crippen LogP contribution in [-0.4, -0.2) is 18.4 Å². The number of Topliss-reactive ketones (excluding diaryl/α,β-unsaturated/α-hetero) is 1. The Kier molecular flexibility index (Phi) is 3.15. The van der Waals surface area contributed by atoms with E-state index in [9.17, 15) is 4.79 Å². The molecular formula is C13H23NO. The third-order valence-corrected chi connectivity index (χ3v) is 4.18. The smallest absolute Gasteiger partial charge is 0.139 e. The topological polar surface area (TPSA) is 29.1 Å². The van der Waals surface area contributed by atoms with Crippen molar-refractivity contribution < 1.29 is 4.79 Å². The zero-order valence-electron chi connectivity index (χ0n) is 10.0. The molecule has 0 unspecified atom stereocenters. The van der Waals surface area contributed by atoms with Crippen LogP contribution in [0.15, 0.2) is 0 Å². The molecule has 1 spiro atoms. The largest absolute Gasteiger partial charge is 0.314 e. The zero-order valence-corrected chi connectivity index (χ0v) is 10.0. The lowest BCUT2D eigenvalue weighted by Crippen LogP contribution is -2.47. The molecule has 2 nitrogen and oxygen atoms in total. The first-order chi connectivity index (χ1) is 7.12. The number of carbonyl (C=O) groups is 1. The molecular weight excluding hydrogens is 186 g/mol. The minimum absolute atomic E-state index is 0.149. The van der Waals surface area contributed by atoms with E-state index in [1.54, 1.807) is 0 Å². The second-order valence-corrected chi connectivity index (χ2v) is 5.78. The van der Waals surface area contributed by atoms with E-state index < -0.39 is 0 Å². The second-order valence-electron chi connectivity index (χ2n) is 5.78. The average Bonchev–Trinajstić information content (AvgIpc) is 2.25. The van der Waals surface area contributed by atoms with Gasteiger partial charge in [-0.3, -0.25) is 4.79 Å². The molecule has 2 aliphatic rings. The molecule has 86 valence electrons. The monoisotopic (exact) mass is 209 g/mol. The molecule has 0 amide bonds. The van der Waals surface area contributed by atoms with Crippen molar-refractivity contribution in [3.63, 3.8) is 0 Å². The van der Waals surface area contributed by atoms with Gasteiger partial charge in [0.15, 0.2) is 0 Å². The van der Waals surface area contributed by atoms with E-state index in [0.29, 0.717) is 11.8 Å². The van der Waals surface area contributed by atoms with E-state index >= 15 is 0 Å². The van der Waals surface area contributed by atoms with E-state index in [-0.39, 0.29) is 5.41 Å². The van der Waals surface area contributed by atoms with Gasteiger partial charge in [0.05, 0.1) is 0 Å². The van der Waals surface area contributed by atoms with Crippen molar-refractivity contribution in [3.05, 3.63) is 0 Å². The number of rotatable bonds is 3. The molecule has 2 aliphatic carbocycles. The Morgan fingerprint density at radius 3 is 2.40 bits per heavy atom. The third-order valence-electron chi connectivity index (χ3n) is 4.18. The van der Waals surface area contributed by atoms with Gasteiger partial charge in [0, 0.05) is 17.9 Å². The summed E-state index contributed by atoms with van der Waals surface area (Å²) in [6.07, 6.45) is 6.72. The van der Waals surface area contributed by atoms with Gasteiger partial charge in [-0.25, -0.2) is 0 Å². The van der Waals surface area contributed by atoms with Gasteiger partial charge in [-0.15, -0.1) is 0 Å². The highest BCUT2D eigenvalue weighted by atomic mass is 16.1. The third kappa shape index (κ3) is 2.25. The maximum atomic E-state index is 11.6. The van der Waals surface area contributed by atoms with Crippen LogP contribution in [0.2, 0.25) is 0 Å². The molecule has 0 saturated heterocycles. The minimum Gasteiger partial charge on any atom is -0.314 e. The Morgan fingerprint density at radius 2 is 2.00 bits per heavy atom. The van der Waals surface area contributed by atoms with Crippen molar-refractivity contribution in [1.29, 1.82) is 0 Å². The van der Waals surface area contributed by atoms with Gasteiger partial charge >= 0.3 is 0 Å². The highest BCUT2D eigenvalue weighted by Crippen LogP contribution is 2.48. The molecule has 0 aromatic carbocycles. The number of carbonyl (C=O) groups excluding carboxylic acids is 1. The van der Waals surface area contributed by atoms with Crippen LogP contribution in [0.1, 0.15) is 52.4 Å². The molecule has 0 radical (unpaired) electrons. The van der Waals surface area contributed by atoms with Crippen LogP contribution >= 0.6 is 0 Å². The first kappa shape index (κ1) is 11.1. The number of hydrogen-bond donors (Lipinski definition) is 1. The second kappa shape index (κ2) is 4.25. The van der Waals surface area contributed by atoms with Gasteiger partial charge in [-0.1, -0.05) is 13.8 Å². The molecule has 0 aromatic rings. The van der Waals surface area contributed by atoms with Crippen LogP contribution in [0.3, 0.4) is 0 Å². The Labute approximate surface area is 92.8 Å². The molecule has 0 aromatic heterocycles. The van der Waals surface area contributed by atoms with E-state index in [4.69, 9.17) is 0 Å². The summed E-state index contributed by atoms with van der Waals surface area (Å²) in [4.78, 5) is 11.6. The van der Waals surface area contributed by atoms with Gasteiger partial charge in [-0.05, 0) is 44.6 Å². The fourth-order valence-corrected chi connectivity index (χ4v) is 2.89. The van der Waals surface area contributed by atoms with Crippen LogP contribution in [0, 0.1) is 11.3 Å². The van der Waals surface area contributed by atoms with Gasteiger partial charge in [0.2, 0.25) is 0 Å². The Bertz CT molecular complexity index is 239. The van der Waals surface area contributed by atoms with E-state index in [2.05, 4.69) is 19.2 Å². The zero-order chi connectivity index (χ0) is 10.9. The quantitative estimate of drug-likeness (QED) is 0.774. The summed E-state index contributed by atoms with van der Waals surface area (Å²) >= 11 is 0. The molecule has 0 aliphatic heterocycles. The van der Waals surface area contributed by atoms with Gasteiger partial charge in [0.1, 0.15) is 5.78 Å². The van der Waals surface area contributed by atoms with Crippen LogP contribution in [0.5, 0.6) is 0 Å². The molecule has 1 N–H and O–H groups in total. The van der Waals surface area contributed by atoms with Gasteiger partial charge in [-0.2, -0.15) is 0 Å². The van der Waals surface area contributed by atoms with Crippen molar-refractivity contribution in [2.45, 2.75) is 58.4 Å². The summed E-state index contributed by atoms with van der Waals surface area (Å²) < 4.78 is 0. The van der Waals surface area contributed by atoms with E-state index in [1.165, 1.54) is 19.3 Å². The van der Waals surface area contributed by atoms with Crippen molar-refractivity contribution >= 4 is 5.78 Å².